The number of nitrogens with zero attached hydrogens (tertiary/aromatic N) is 3. The summed E-state index contributed by atoms with van der Waals surface area (Å²) < 4.78 is 5.68. The number of aromatic amines is 2. The lowest BCUT2D eigenvalue weighted by Crippen LogP contribution is -2.36. The van der Waals surface area contributed by atoms with E-state index in [0.29, 0.717) is 12.6 Å². The van der Waals surface area contributed by atoms with E-state index in [1.54, 1.807) is 0 Å². The van der Waals surface area contributed by atoms with Crippen molar-refractivity contribution in [2.24, 2.45) is 0 Å². The van der Waals surface area contributed by atoms with Crippen LogP contribution in [0.2, 0.25) is 0 Å². The van der Waals surface area contributed by atoms with Crippen LogP contribution in [-0.2, 0) is 4.74 Å². The lowest BCUT2D eigenvalue weighted by Gasteiger charge is -2.27. The van der Waals surface area contributed by atoms with Crippen molar-refractivity contribution in [3.63, 3.8) is 0 Å². The van der Waals surface area contributed by atoms with Gasteiger partial charge < -0.3 is 20.0 Å². The number of imidazole rings is 2. The highest BCUT2D eigenvalue weighted by molar-refractivity contribution is 6.05. The molecule has 2 fully saturated rings. The number of aromatic nitrogens is 4. The molecule has 8 nitrogen and oxygen atoms in total. The van der Waals surface area contributed by atoms with Crippen molar-refractivity contribution in [1.29, 1.82) is 0 Å². The van der Waals surface area contributed by atoms with E-state index >= 15 is 0 Å². The van der Waals surface area contributed by atoms with E-state index in [1.807, 2.05) is 31.9 Å². The van der Waals surface area contributed by atoms with Gasteiger partial charge in [0.05, 0.1) is 35.0 Å². The number of rotatable bonds is 4. The summed E-state index contributed by atoms with van der Waals surface area (Å²) >= 11 is 0. The van der Waals surface area contributed by atoms with E-state index in [4.69, 9.17) is 9.72 Å². The predicted octanol–water partition coefficient (Wildman–Crippen LogP) is 8.42. The molecule has 2 aliphatic rings. The van der Waals surface area contributed by atoms with Crippen LogP contribution in [0.5, 0.6) is 0 Å². The van der Waals surface area contributed by atoms with Crippen LogP contribution < -0.4 is 5.32 Å². The van der Waals surface area contributed by atoms with Gasteiger partial charge in [-0.2, -0.15) is 0 Å². The Labute approximate surface area is 262 Å². The van der Waals surface area contributed by atoms with Crippen LogP contribution in [-0.4, -0.2) is 49.6 Å². The first-order valence-electron chi connectivity index (χ1n) is 16.0. The summed E-state index contributed by atoms with van der Waals surface area (Å²) in [6.45, 7) is 7.43. The molecule has 2 atom stereocenters. The SMILES string of the molecule is CC(C)(C)OC(=O)N1CCC[C@H]1c1nc2c(ccc3cc(-c4ccc5cc(-c6cnc([C@@H]7CCCN7)[nH]6)ccc5c4)ccc32)[nH]1. The number of carbonyl (C=O) groups excluding carboxylic acids is 1. The molecule has 4 heterocycles. The highest BCUT2D eigenvalue weighted by Gasteiger charge is 2.35. The van der Waals surface area contributed by atoms with Crippen LogP contribution in [0.3, 0.4) is 0 Å². The second-order valence-corrected chi connectivity index (χ2v) is 13.5. The Morgan fingerprint density at radius 2 is 1.58 bits per heavy atom. The van der Waals surface area contributed by atoms with Gasteiger partial charge in [0.15, 0.2) is 0 Å². The maximum Gasteiger partial charge on any atom is 0.410 e. The third-order valence-corrected chi connectivity index (χ3v) is 9.15. The number of hydrogen-bond donors (Lipinski definition) is 3. The van der Waals surface area contributed by atoms with Crippen LogP contribution in [0.15, 0.2) is 72.9 Å². The molecule has 0 bridgehead atoms. The summed E-state index contributed by atoms with van der Waals surface area (Å²) in [4.78, 5) is 31.4. The molecule has 8 heteroatoms. The van der Waals surface area contributed by atoms with E-state index in [2.05, 4.69) is 87.0 Å². The van der Waals surface area contributed by atoms with E-state index in [-0.39, 0.29) is 12.1 Å². The number of fused-ring (bicyclic) bond motifs is 4. The number of ether oxygens (including phenoxy) is 1. The summed E-state index contributed by atoms with van der Waals surface area (Å²) in [6, 6.07) is 24.3. The molecule has 2 saturated heterocycles. The van der Waals surface area contributed by atoms with Gasteiger partial charge in [0, 0.05) is 17.5 Å². The van der Waals surface area contributed by atoms with Crippen LogP contribution in [0, 0.1) is 0 Å². The lowest BCUT2D eigenvalue weighted by atomic mass is 9.97. The van der Waals surface area contributed by atoms with Gasteiger partial charge in [0.25, 0.3) is 0 Å². The van der Waals surface area contributed by atoms with Gasteiger partial charge in [0.2, 0.25) is 0 Å². The zero-order chi connectivity index (χ0) is 30.7. The molecule has 0 aliphatic carbocycles. The number of hydrogen-bond acceptors (Lipinski definition) is 5. The van der Waals surface area contributed by atoms with Gasteiger partial charge in [-0.3, -0.25) is 4.90 Å². The first-order chi connectivity index (χ1) is 21.8. The average Bonchev–Trinajstić information content (AvgIpc) is 3.85. The maximum absolute atomic E-state index is 12.9. The van der Waals surface area contributed by atoms with Crippen molar-refractivity contribution in [3.8, 4) is 22.4 Å². The second kappa shape index (κ2) is 10.7. The van der Waals surface area contributed by atoms with E-state index in [0.717, 1.165) is 76.1 Å². The fraction of sp³-hybridized carbons (Fsp3) is 0.324. The number of likely N-dealkylation sites (tertiary alicyclic amines) is 1. The molecule has 0 saturated carbocycles. The van der Waals surface area contributed by atoms with Crippen LogP contribution >= 0.6 is 0 Å². The summed E-state index contributed by atoms with van der Waals surface area (Å²) in [7, 11) is 0. The van der Waals surface area contributed by atoms with Crippen molar-refractivity contribution in [3.05, 3.63) is 84.6 Å². The molecule has 0 radical (unpaired) electrons. The quantitative estimate of drug-likeness (QED) is 0.189. The minimum absolute atomic E-state index is 0.112. The van der Waals surface area contributed by atoms with E-state index < -0.39 is 5.60 Å². The van der Waals surface area contributed by atoms with E-state index in [9.17, 15) is 4.79 Å². The van der Waals surface area contributed by atoms with Crippen molar-refractivity contribution < 1.29 is 9.53 Å². The monoisotopic (exact) mass is 598 g/mol. The lowest BCUT2D eigenvalue weighted by molar-refractivity contribution is 0.0219. The molecule has 4 aromatic carbocycles. The summed E-state index contributed by atoms with van der Waals surface area (Å²) in [6.07, 6.45) is 5.79. The third kappa shape index (κ3) is 5.23. The van der Waals surface area contributed by atoms with Gasteiger partial charge in [0.1, 0.15) is 17.2 Å². The fourth-order valence-electron chi connectivity index (χ4n) is 6.92. The minimum atomic E-state index is -0.531. The standard InChI is InChI=1S/C37H38N6O2/c1-37(2,3)45-36(44)43-17-5-7-32(43)35-40-29-15-13-26-19-25(12-14-28(26)33(29)42-35)22-8-9-24-20-27(11-10-23(24)18-22)31-21-39-34(41-31)30-6-4-16-38-30/h8-15,18-21,30,32,38H,4-7,16-17H2,1-3H3,(H,39,41)(H,40,42)/t30-,32-/m0/s1. The van der Waals surface area contributed by atoms with Gasteiger partial charge in [-0.15, -0.1) is 0 Å². The van der Waals surface area contributed by atoms with E-state index in [1.165, 1.54) is 22.8 Å². The number of carbonyl (C=O) groups is 1. The zero-order valence-electron chi connectivity index (χ0n) is 26.0. The summed E-state index contributed by atoms with van der Waals surface area (Å²) in [5, 5.41) is 8.15. The van der Waals surface area contributed by atoms with Gasteiger partial charge in [-0.25, -0.2) is 14.8 Å². The average molecular weight is 599 g/mol. The maximum atomic E-state index is 12.9. The largest absolute Gasteiger partial charge is 0.444 e. The smallest absolute Gasteiger partial charge is 0.410 e. The number of H-pyrrole nitrogens is 2. The molecule has 2 aliphatic heterocycles. The van der Waals surface area contributed by atoms with Crippen molar-refractivity contribution in [1.82, 2.24) is 30.2 Å². The Kier molecular flexibility index (Phi) is 6.64. The van der Waals surface area contributed by atoms with Crippen molar-refractivity contribution in [2.45, 2.75) is 64.1 Å². The molecule has 3 N–H and O–H groups in total. The minimum Gasteiger partial charge on any atom is -0.444 e. The Morgan fingerprint density at radius 3 is 2.36 bits per heavy atom. The molecule has 228 valence electrons. The second-order valence-electron chi connectivity index (χ2n) is 13.5. The van der Waals surface area contributed by atoms with Crippen LogP contribution in [0.4, 0.5) is 4.79 Å². The zero-order valence-corrected chi connectivity index (χ0v) is 26.0. The first kappa shape index (κ1) is 27.8. The van der Waals surface area contributed by atoms with Crippen LogP contribution in [0.25, 0.3) is 55.0 Å². The Hall–Kier alpha value is -4.69. The van der Waals surface area contributed by atoms with Gasteiger partial charge in [-0.05, 0) is 105 Å². The fourth-order valence-corrected chi connectivity index (χ4v) is 6.92. The molecule has 45 heavy (non-hydrogen) atoms. The molecular formula is C37H38N6O2. The topological polar surface area (TPSA) is 98.9 Å². The molecule has 0 unspecified atom stereocenters. The van der Waals surface area contributed by atoms with Crippen molar-refractivity contribution >= 4 is 38.7 Å². The van der Waals surface area contributed by atoms with Crippen molar-refractivity contribution in [2.75, 3.05) is 13.1 Å². The predicted molar refractivity (Wildman–Crippen MR) is 179 cm³/mol. The molecule has 1 amide bonds. The molecular weight excluding hydrogens is 560 g/mol. The van der Waals surface area contributed by atoms with Gasteiger partial charge >= 0.3 is 6.09 Å². The summed E-state index contributed by atoms with van der Waals surface area (Å²) in [5.41, 5.74) is 5.92. The highest BCUT2D eigenvalue weighted by Crippen LogP contribution is 2.36. The normalized spacial score (nSPS) is 18.9. The van der Waals surface area contributed by atoms with Crippen LogP contribution in [0.1, 0.15) is 70.2 Å². The highest BCUT2D eigenvalue weighted by atomic mass is 16.6. The Balaban J connectivity index is 1.06. The molecule has 0 spiro atoms. The number of benzene rings is 4. The molecule has 6 aromatic rings. The molecule has 8 rings (SSSR count). The molecule has 2 aromatic heterocycles. The third-order valence-electron chi connectivity index (χ3n) is 9.15. The first-order valence-corrected chi connectivity index (χ1v) is 16.0. The Bertz CT molecular complexity index is 2060. The Morgan fingerprint density at radius 1 is 0.844 bits per heavy atom. The number of amides is 1. The number of nitrogens with one attached hydrogen (secondary N) is 3. The summed E-state index contributed by atoms with van der Waals surface area (Å²) in [5.74, 6) is 1.85. The van der Waals surface area contributed by atoms with Gasteiger partial charge in [-0.1, -0.05) is 42.5 Å².